The fraction of sp³-hybridized carbons (Fsp3) is 0.556. The van der Waals surface area contributed by atoms with Gasteiger partial charge < -0.3 is 4.98 Å². The summed E-state index contributed by atoms with van der Waals surface area (Å²) in [5.41, 5.74) is 0.954. The molecule has 4 nitrogen and oxygen atoms in total. The molecule has 0 aliphatic carbocycles. The molecular formula is C9H14N2O2S. The van der Waals surface area contributed by atoms with Crippen molar-refractivity contribution < 1.29 is 8.42 Å². The summed E-state index contributed by atoms with van der Waals surface area (Å²) in [7, 11) is -2.99. The van der Waals surface area contributed by atoms with E-state index in [1.54, 1.807) is 4.31 Å². The third-order valence-electron chi connectivity index (χ3n) is 2.46. The number of sulfonamides is 1. The van der Waals surface area contributed by atoms with Crippen LogP contribution < -0.4 is 0 Å². The highest BCUT2D eigenvalue weighted by Crippen LogP contribution is 2.16. The number of H-pyrrole nitrogens is 1. The van der Waals surface area contributed by atoms with Gasteiger partial charge in [0.15, 0.2) is 0 Å². The lowest BCUT2D eigenvalue weighted by Gasteiger charge is -2.25. The summed E-state index contributed by atoms with van der Waals surface area (Å²) in [6, 6.07) is 3.79. The summed E-state index contributed by atoms with van der Waals surface area (Å²) in [6.45, 7) is 1.14. The SMILES string of the molecule is O=S1(=O)CCCCN1Cc1ccc[nH]1. The minimum absolute atomic E-state index is 0.299. The van der Waals surface area contributed by atoms with Crippen molar-refractivity contribution in [2.45, 2.75) is 19.4 Å². The van der Waals surface area contributed by atoms with Crippen molar-refractivity contribution >= 4 is 10.0 Å². The Labute approximate surface area is 84.0 Å². The number of nitrogens with one attached hydrogen (secondary N) is 1. The van der Waals surface area contributed by atoms with Crippen LogP contribution in [0.15, 0.2) is 18.3 Å². The smallest absolute Gasteiger partial charge is 0.214 e. The maximum Gasteiger partial charge on any atom is 0.214 e. The maximum atomic E-state index is 11.6. The minimum Gasteiger partial charge on any atom is -0.364 e. The van der Waals surface area contributed by atoms with E-state index in [1.807, 2.05) is 18.3 Å². The van der Waals surface area contributed by atoms with E-state index >= 15 is 0 Å². The van der Waals surface area contributed by atoms with Crippen LogP contribution in [-0.2, 0) is 16.6 Å². The molecular weight excluding hydrogens is 200 g/mol. The molecule has 0 atom stereocenters. The number of nitrogens with zero attached hydrogens (tertiary/aromatic N) is 1. The molecule has 5 heteroatoms. The highest BCUT2D eigenvalue weighted by molar-refractivity contribution is 7.89. The van der Waals surface area contributed by atoms with E-state index in [1.165, 1.54) is 0 Å². The summed E-state index contributed by atoms with van der Waals surface area (Å²) in [4.78, 5) is 3.02. The van der Waals surface area contributed by atoms with Crippen LogP contribution in [0, 0.1) is 0 Å². The molecule has 1 aromatic heterocycles. The average Bonchev–Trinajstić information content (AvgIpc) is 2.61. The normalized spacial score (nSPS) is 22.3. The molecule has 1 aliphatic rings. The van der Waals surface area contributed by atoms with Crippen LogP contribution in [-0.4, -0.2) is 30.0 Å². The first-order valence-electron chi connectivity index (χ1n) is 4.78. The van der Waals surface area contributed by atoms with Crippen molar-refractivity contribution in [3.05, 3.63) is 24.0 Å². The summed E-state index contributed by atoms with van der Waals surface area (Å²) in [6.07, 6.45) is 3.58. The van der Waals surface area contributed by atoms with Crippen molar-refractivity contribution in [3.63, 3.8) is 0 Å². The third kappa shape index (κ3) is 1.99. The van der Waals surface area contributed by atoms with Crippen LogP contribution in [0.2, 0.25) is 0 Å². The van der Waals surface area contributed by atoms with E-state index in [0.29, 0.717) is 18.8 Å². The molecule has 1 aromatic rings. The standard InChI is InChI=1S/C9H14N2O2S/c12-14(13)7-2-1-6-11(14)8-9-4-3-5-10-9/h3-5,10H,1-2,6-8H2. The molecule has 2 rings (SSSR count). The zero-order valence-corrected chi connectivity index (χ0v) is 8.76. The second kappa shape index (κ2) is 3.74. The summed E-state index contributed by atoms with van der Waals surface area (Å²) < 4.78 is 24.8. The van der Waals surface area contributed by atoms with Gasteiger partial charge in [0.1, 0.15) is 0 Å². The topological polar surface area (TPSA) is 53.2 Å². The number of hydrogen-bond donors (Lipinski definition) is 1. The molecule has 78 valence electrons. The number of aromatic amines is 1. The molecule has 0 aromatic carbocycles. The van der Waals surface area contributed by atoms with Crippen LogP contribution >= 0.6 is 0 Å². The van der Waals surface area contributed by atoms with E-state index in [2.05, 4.69) is 4.98 Å². The highest BCUT2D eigenvalue weighted by atomic mass is 32.2. The van der Waals surface area contributed by atoms with E-state index in [-0.39, 0.29) is 0 Å². The van der Waals surface area contributed by atoms with Gasteiger partial charge in [0.2, 0.25) is 10.0 Å². The first kappa shape index (κ1) is 9.73. The molecule has 1 fully saturated rings. The fourth-order valence-electron chi connectivity index (χ4n) is 1.67. The Morgan fingerprint density at radius 1 is 1.43 bits per heavy atom. The Morgan fingerprint density at radius 3 is 2.93 bits per heavy atom. The molecule has 14 heavy (non-hydrogen) atoms. The lowest BCUT2D eigenvalue weighted by atomic mass is 10.3. The van der Waals surface area contributed by atoms with E-state index in [0.717, 1.165) is 18.5 Å². The highest BCUT2D eigenvalue weighted by Gasteiger charge is 2.25. The quantitative estimate of drug-likeness (QED) is 0.796. The van der Waals surface area contributed by atoms with Crippen LogP contribution in [0.1, 0.15) is 18.5 Å². The molecule has 0 spiro atoms. The zero-order valence-electron chi connectivity index (χ0n) is 7.94. The molecule has 1 saturated heterocycles. The average molecular weight is 214 g/mol. The number of hydrogen-bond acceptors (Lipinski definition) is 2. The van der Waals surface area contributed by atoms with Crippen LogP contribution in [0.25, 0.3) is 0 Å². The Balaban J connectivity index is 2.10. The molecule has 1 aliphatic heterocycles. The summed E-state index contributed by atoms with van der Waals surface area (Å²) >= 11 is 0. The van der Waals surface area contributed by atoms with Crippen LogP contribution in [0.3, 0.4) is 0 Å². The van der Waals surface area contributed by atoms with Gasteiger partial charge in [0.25, 0.3) is 0 Å². The van der Waals surface area contributed by atoms with Gasteiger partial charge in [-0.15, -0.1) is 0 Å². The van der Waals surface area contributed by atoms with Gasteiger partial charge in [-0.05, 0) is 25.0 Å². The Bertz CT molecular complexity index is 383. The van der Waals surface area contributed by atoms with Crippen molar-refractivity contribution in [2.24, 2.45) is 0 Å². The predicted octanol–water partition coefficient (Wildman–Crippen LogP) is 0.940. The van der Waals surface area contributed by atoms with Gasteiger partial charge in [-0.25, -0.2) is 8.42 Å². The zero-order chi connectivity index (χ0) is 10.0. The van der Waals surface area contributed by atoms with Crippen molar-refractivity contribution in [1.29, 1.82) is 0 Å². The third-order valence-corrected chi connectivity index (χ3v) is 4.37. The second-order valence-electron chi connectivity index (χ2n) is 3.55. The van der Waals surface area contributed by atoms with Gasteiger partial charge in [0, 0.05) is 18.4 Å². The largest absolute Gasteiger partial charge is 0.364 e. The fourth-order valence-corrected chi connectivity index (χ4v) is 3.24. The first-order chi connectivity index (χ1) is 6.68. The lowest BCUT2D eigenvalue weighted by molar-refractivity contribution is 0.375. The van der Waals surface area contributed by atoms with Crippen LogP contribution in [0.4, 0.5) is 0 Å². The van der Waals surface area contributed by atoms with Gasteiger partial charge in [0.05, 0.1) is 12.3 Å². The number of rotatable bonds is 2. The molecule has 2 heterocycles. The molecule has 0 unspecified atom stereocenters. The molecule has 1 N–H and O–H groups in total. The molecule has 0 radical (unpaired) electrons. The Kier molecular flexibility index (Phi) is 2.60. The Hall–Kier alpha value is -0.810. The maximum absolute atomic E-state index is 11.6. The Morgan fingerprint density at radius 2 is 2.29 bits per heavy atom. The van der Waals surface area contributed by atoms with E-state index in [4.69, 9.17) is 0 Å². The van der Waals surface area contributed by atoms with Crippen molar-refractivity contribution in [2.75, 3.05) is 12.3 Å². The summed E-state index contributed by atoms with van der Waals surface area (Å²) in [5, 5.41) is 0. The molecule has 0 amide bonds. The lowest BCUT2D eigenvalue weighted by Crippen LogP contribution is -2.37. The van der Waals surface area contributed by atoms with E-state index in [9.17, 15) is 8.42 Å². The second-order valence-corrected chi connectivity index (χ2v) is 5.64. The molecule has 0 bridgehead atoms. The van der Waals surface area contributed by atoms with Crippen LogP contribution in [0.5, 0.6) is 0 Å². The summed E-state index contributed by atoms with van der Waals surface area (Å²) in [5.74, 6) is 0.299. The minimum atomic E-state index is -2.99. The van der Waals surface area contributed by atoms with Crippen molar-refractivity contribution in [1.82, 2.24) is 9.29 Å². The first-order valence-corrected chi connectivity index (χ1v) is 6.39. The van der Waals surface area contributed by atoms with Gasteiger partial charge in [-0.3, -0.25) is 0 Å². The van der Waals surface area contributed by atoms with Crippen molar-refractivity contribution in [3.8, 4) is 0 Å². The van der Waals surface area contributed by atoms with Gasteiger partial charge in [-0.2, -0.15) is 4.31 Å². The molecule has 0 saturated carbocycles. The van der Waals surface area contributed by atoms with Gasteiger partial charge in [-0.1, -0.05) is 0 Å². The van der Waals surface area contributed by atoms with E-state index < -0.39 is 10.0 Å². The van der Waals surface area contributed by atoms with Gasteiger partial charge >= 0.3 is 0 Å². The number of aromatic nitrogens is 1. The monoisotopic (exact) mass is 214 g/mol. The predicted molar refractivity (Wildman–Crippen MR) is 54.2 cm³/mol.